The highest BCUT2D eigenvalue weighted by Gasteiger charge is 2.10. The van der Waals surface area contributed by atoms with Gasteiger partial charge in [0.1, 0.15) is 6.42 Å². The quantitative estimate of drug-likeness (QED) is 0.789. The molecule has 0 heterocycles. The molecule has 5 nitrogen and oxygen atoms in total. The minimum Gasteiger partial charge on any atom is -0.355 e. The maximum absolute atomic E-state index is 11.8. The molecule has 0 unspecified atom stereocenters. The average molecular weight is 314 g/mol. The van der Waals surface area contributed by atoms with Crippen LogP contribution in [0.2, 0.25) is 10.0 Å². The highest BCUT2D eigenvalue weighted by molar-refractivity contribution is 6.35. The van der Waals surface area contributed by atoms with Gasteiger partial charge < -0.3 is 10.6 Å². The van der Waals surface area contributed by atoms with Crippen molar-refractivity contribution in [2.24, 2.45) is 0 Å². The number of benzene rings is 1. The molecule has 0 radical (unpaired) electrons. The van der Waals surface area contributed by atoms with Crippen molar-refractivity contribution >= 4 is 35.0 Å². The molecular formula is C13H13Cl2N3O2. The predicted octanol–water partition coefficient (Wildman–Crippen LogP) is 2.14. The van der Waals surface area contributed by atoms with Crippen LogP contribution in [-0.4, -0.2) is 24.9 Å². The van der Waals surface area contributed by atoms with E-state index in [0.29, 0.717) is 35.1 Å². The van der Waals surface area contributed by atoms with Crippen LogP contribution in [0.3, 0.4) is 0 Å². The summed E-state index contributed by atoms with van der Waals surface area (Å²) in [6.07, 6.45) is 0.394. The number of hydrogen-bond acceptors (Lipinski definition) is 3. The van der Waals surface area contributed by atoms with Crippen molar-refractivity contribution in [3.8, 4) is 6.07 Å². The number of nitrogens with one attached hydrogen (secondary N) is 2. The number of rotatable bonds is 6. The van der Waals surface area contributed by atoms with Gasteiger partial charge in [-0.15, -0.1) is 0 Å². The maximum atomic E-state index is 11.8. The summed E-state index contributed by atoms with van der Waals surface area (Å²) in [6.45, 7) is 0.776. The van der Waals surface area contributed by atoms with Gasteiger partial charge in [0, 0.05) is 18.1 Å². The number of nitrogens with zero attached hydrogens (tertiary/aromatic N) is 1. The lowest BCUT2D eigenvalue weighted by atomic mass is 10.2. The van der Waals surface area contributed by atoms with E-state index in [1.54, 1.807) is 18.2 Å². The fraction of sp³-hybridized carbons (Fsp3) is 0.308. The molecule has 0 aliphatic rings. The molecule has 0 spiro atoms. The molecule has 0 fully saturated rings. The minimum atomic E-state index is -0.322. The van der Waals surface area contributed by atoms with E-state index in [0.717, 1.165) is 0 Å². The van der Waals surface area contributed by atoms with Crippen molar-refractivity contribution < 1.29 is 9.59 Å². The summed E-state index contributed by atoms with van der Waals surface area (Å²) in [6, 6.07) is 6.40. The zero-order valence-corrected chi connectivity index (χ0v) is 12.1. The minimum absolute atomic E-state index is 0.162. The van der Waals surface area contributed by atoms with Gasteiger partial charge in [-0.1, -0.05) is 23.2 Å². The molecule has 1 aromatic rings. The smallest absolute Gasteiger partial charge is 0.252 e. The first-order valence-electron chi connectivity index (χ1n) is 5.91. The highest BCUT2D eigenvalue weighted by atomic mass is 35.5. The lowest BCUT2D eigenvalue weighted by Gasteiger charge is -2.07. The molecule has 2 amide bonds. The van der Waals surface area contributed by atoms with Crippen molar-refractivity contribution in [1.82, 2.24) is 10.6 Å². The molecule has 0 bridgehead atoms. The average Bonchev–Trinajstić information content (AvgIpc) is 2.41. The standard InChI is InChI=1S/C13H13Cl2N3O2/c14-9-2-3-11(15)10(8-9)13(20)18-7-1-6-17-12(19)4-5-16/h2-3,8H,1,4,6-7H2,(H,17,19)(H,18,20). The Hall–Kier alpha value is -1.77. The normalized spacial score (nSPS) is 9.65. The van der Waals surface area contributed by atoms with E-state index in [2.05, 4.69) is 10.6 Å². The predicted molar refractivity (Wildman–Crippen MR) is 76.7 cm³/mol. The monoisotopic (exact) mass is 313 g/mol. The number of halogens is 2. The second-order valence-corrected chi connectivity index (χ2v) is 4.76. The van der Waals surface area contributed by atoms with Gasteiger partial charge in [0.05, 0.1) is 16.7 Å². The highest BCUT2D eigenvalue weighted by Crippen LogP contribution is 2.20. The van der Waals surface area contributed by atoms with Gasteiger partial charge >= 0.3 is 0 Å². The molecule has 0 aliphatic carbocycles. The third kappa shape index (κ3) is 5.47. The van der Waals surface area contributed by atoms with Gasteiger partial charge in [0.15, 0.2) is 0 Å². The first-order valence-corrected chi connectivity index (χ1v) is 6.67. The Morgan fingerprint density at radius 2 is 1.90 bits per heavy atom. The molecule has 0 aromatic heterocycles. The molecule has 0 atom stereocenters. The maximum Gasteiger partial charge on any atom is 0.252 e. The van der Waals surface area contributed by atoms with E-state index in [4.69, 9.17) is 28.5 Å². The Kier molecular flexibility index (Phi) is 6.85. The Morgan fingerprint density at radius 3 is 2.60 bits per heavy atom. The van der Waals surface area contributed by atoms with E-state index in [1.807, 2.05) is 0 Å². The van der Waals surface area contributed by atoms with Crippen LogP contribution in [0.5, 0.6) is 0 Å². The SMILES string of the molecule is N#CCC(=O)NCCCNC(=O)c1cc(Cl)ccc1Cl. The first-order chi connectivity index (χ1) is 9.54. The van der Waals surface area contributed by atoms with E-state index < -0.39 is 0 Å². The van der Waals surface area contributed by atoms with E-state index in [1.165, 1.54) is 6.07 Å². The van der Waals surface area contributed by atoms with Crippen LogP contribution in [0.1, 0.15) is 23.2 Å². The molecule has 0 saturated carbocycles. The van der Waals surface area contributed by atoms with E-state index in [9.17, 15) is 9.59 Å². The van der Waals surface area contributed by atoms with Crippen LogP contribution in [-0.2, 0) is 4.79 Å². The topological polar surface area (TPSA) is 82.0 Å². The van der Waals surface area contributed by atoms with Crippen LogP contribution >= 0.6 is 23.2 Å². The number of carbonyl (C=O) groups excluding carboxylic acids is 2. The number of nitriles is 1. The zero-order chi connectivity index (χ0) is 15.0. The fourth-order valence-corrected chi connectivity index (χ4v) is 1.79. The molecule has 7 heteroatoms. The lowest BCUT2D eigenvalue weighted by molar-refractivity contribution is -0.120. The van der Waals surface area contributed by atoms with Gasteiger partial charge in [-0.25, -0.2) is 0 Å². The molecule has 2 N–H and O–H groups in total. The van der Waals surface area contributed by atoms with Crippen LogP contribution in [0.4, 0.5) is 0 Å². The second-order valence-electron chi connectivity index (χ2n) is 3.92. The Morgan fingerprint density at radius 1 is 1.20 bits per heavy atom. The molecule has 0 saturated heterocycles. The van der Waals surface area contributed by atoms with Gasteiger partial charge in [-0.3, -0.25) is 9.59 Å². The number of carbonyl (C=O) groups is 2. The van der Waals surface area contributed by atoms with Crippen molar-refractivity contribution in [1.29, 1.82) is 5.26 Å². The summed E-state index contributed by atoms with van der Waals surface area (Å²) >= 11 is 11.7. The molecule has 1 aromatic carbocycles. The molecule has 1 rings (SSSR count). The lowest BCUT2D eigenvalue weighted by Crippen LogP contribution is -2.29. The fourth-order valence-electron chi connectivity index (χ4n) is 1.42. The molecule has 106 valence electrons. The van der Waals surface area contributed by atoms with Crippen LogP contribution < -0.4 is 10.6 Å². The van der Waals surface area contributed by atoms with Gasteiger partial charge in [-0.05, 0) is 24.6 Å². The Labute approximate surface area is 126 Å². The number of hydrogen-bond donors (Lipinski definition) is 2. The summed E-state index contributed by atoms with van der Waals surface area (Å²) in [5.74, 6) is -0.641. The Bertz CT molecular complexity index is 541. The summed E-state index contributed by atoms with van der Waals surface area (Å²) in [4.78, 5) is 22.8. The van der Waals surface area contributed by atoms with Gasteiger partial charge in [0.25, 0.3) is 5.91 Å². The summed E-state index contributed by atoms with van der Waals surface area (Å²) in [5, 5.41) is 14.3. The van der Waals surface area contributed by atoms with E-state index >= 15 is 0 Å². The largest absolute Gasteiger partial charge is 0.355 e. The van der Waals surface area contributed by atoms with E-state index in [-0.39, 0.29) is 18.2 Å². The summed E-state index contributed by atoms with van der Waals surface area (Å²) in [7, 11) is 0. The summed E-state index contributed by atoms with van der Waals surface area (Å²) < 4.78 is 0. The van der Waals surface area contributed by atoms with Crippen LogP contribution in [0, 0.1) is 11.3 Å². The Balaban J connectivity index is 2.32. The van der Waals surface area contributed by atoms with Crippen molar-refractivity contribution in [3.63, 3.8) is 0 Å². The second kappa shape index (κ2) is 8.41. The molecular weight excluding hydrogens is 301 g/mol. The third-order valence-electron chi connectivity index (χ3n) is 2.37. The molecule has 0 aliphatic heterocycles. The molecule has 20 heavy (non-hydrogen) atoms. The van der Waals surface area contributed by atoms with Crippen molar-refractivity contribution in [2.75, 3.05) is 13.1 Å². The van der Waals surface area contributed by atoms with Crippen molar-refractivity contribution in [3.05, 3.63) is 33.8 Å². The third-order valence-corrected chi connectivity index (χ3v) is 2.94. The number of amides is 2. The van der Waals surface area contributed by atoms with Gasteiger partial charge in [-0.2, -0.15) is 5.26 Å². The van der Waals surface area contributed by atoms with Crippen molar-refractivity contribution in [2.45, 2.75) is 12.8 Å². The first kappa shape index (κ1) is 16.3. The zero-order valence-electron chi connectivity index (χ0n) is 10.6. The summed E-state index contributed by atoms with van der Waals surface area (Å²) in [5.41, 5.74) is 0.313. The van der Waals surface area contributed by atoms with Crippen LogP contribution in [0.15, 0.2) is 18.2 Å². The van der Waals surface area contributed by atoms with Crippen LogP contribution in [0.25, 0.3) is 0 Å². The van der Waals surface area contributed by atoms with Gasteiger partial charge in [0.2, 0.25) is 5.91 Å².